The first-order valence-corrected chi connectivity index (χ1v) is 12.2. The number of alkyl carbamates (subject to hydrolysis) is 1. The Hall–Kier alpha value is -5.38. The lowest BCUT2D eigenvalue weighted by atomic mass is 10.0. The van der Waals surface area contributed by atoms with Gasteiger partial charge >= 0.3 is 6.09 Å². The number of amides is 2. The minimum absolute atomic E-state index is 0.0253. The molecule has 0 saturated carbocycles. The van der Waals surface area contributed by atoms with Crippen LogP contribution in [0, 0.1) is 0 Å². The molecular formula is C29H24N6O4. The van der Waals surface area contributed by atoms with E-state index in [9.17, 15) is 14.4 Å². The molecule has 2 heterocycles. The van der Waals surface area contributed by atoms with Crippen LogP contribution < -0.4 is 10.6 Å². The maximum absolute atomic E-state index is 13.5. The van der Waals surface area contributed by atoms with Crippen molar-refractivity contribution in [2.45, 2.75) is 19.3 Å². The highest BCUT2D eigenvalue weighted by atomic mass is 16.5. The van der Waals surface area contributed by atoms with Gasteiger partial charge in [-0.2, -0.15) is 0 Å². The summed E-state index contributed by atoms with van der Waals surface area (Å²) in [6.45, 7) is 0.0551. The van der Waals surface area contributed by atoms with Crippen LogP contribution in [0.5, 0.6) is 0 Å². The number of para-hydroxylation sites is 1. The maximum atomic E-state index is 13.5. The summed E-state index contributed by atoms with van der Waals surface area (Å²) < 4.78 is 6.66. The van der Waals surface area contributed by atoms with Gasteiger partial charge in [-0.25, -0.2) is 9.48 Å². The van der Waals surface area contributed by atoms with Crippen molar-refractivity contribution in [2.75, 3.05) is 0 Å². The van der Waals surface area contributed by atoms with Crippen molar-refractivity contribution in [1.29, 1.82) is 0 Å². The molecule has 0 aliphatic heterocycles. The van der Waals surface area contributed by atoms with Gasteiger partial charge in [0, 0.05) is 18.3 Å². The zero-order valence-corrected chi connectivity index (χ0v) is 20.7. The minimum Gasteiger partial charge on any atom is -0.445 e. The smallest absolute Gasteiger partial charge is 0.409 e. The Bertz CT molecular complexity index is 1600. The molecule has 2 amide bonds. The summed E-state index contributed by atoms with van der Waals surface area (Å²) in [6, 6.07) is 28.3. The fourth-order valence-electron chi connectivity index (χ4n) is 4.00. The first-order chi connectivity index (χ1) is 19.1. The molecule has 0 aliphatic carbocycles. The van der Waals surface area contributed by atoms with Crippen LogP contribution in [0.15, 0.2) is 103 Å². The van der Waals surface area contributed by atoms with Gasteiger partial charge in [0.15, 0.2) is 0 Å². The first kappa shape index (κ1) is 25.3. The van der Waals surface area contributed by atoms with Crippen LogP contribution in [0.2, 0.25) is 0 Å². The largest absolute Gasteiger partial charge is 0.445 e. The summed E-state index contributed by atoms with van der Waals surface area (Å²) >= 11 is 0. The summed E-state index contributed by atoms with van der Waals surface area (Å²) in [6.07, 6.45) is -0.517. The van der Waals surface area contributed by atoms with Crippen molar-refractivity contribution in [3.63, 3.8) is 0 Å². The van der Waals surface area contributed by atoms with Crippen LogP contribution >= 0.6 is 0 Å². The number of benzene rings is 3. The van der Waals surface area contributed by atoms with E-state index < -0.39 is 18.2 Å². The monoisotopic (exact) mass is 520 g/mol. The Labute approximate surface area is 223 Å². The Morgan fingerprint density at radius 1 is 0.846 bits per heavy atom. The molecule has 0 aliphatic rings. The Morgan fingerprint density at radius 2 is 1.59 bits per heavy atom. The second-order valence-corrected chi connectivity index (χ2v) is 8.55. The van der Waals surface area contributed by atoms with Crippen LogP contribution in [-0.2, 0) is 22.7 Å². The highest BCUT2D eigenvalue weighted by Gasteiger charge is 2.27. The molecule has 5 rings (SSSR count). The molecule has 0 bridgehead atoms. The number of nitrogens with zero attached hydrogens (tertiary/aromatic N) is 4. The van der Waals surface area contributed by atoms with Crippen LogP contribution in [-0.4, -0.2) is 37.8 Å². The van der Waals surface area contributed by atoms with Gasteiger partial charge in [-0.15, -0.1) is 5.10 Å². The lowest BCUT2D eigenvalue weighted by Gasteiger charge is -2.19. The predicted octanol–water partition coefficient (Wildman–Crippen LogP) is 3.80. The summed E-state index contributed by atoms with van der Waals surface area (Å²) in [5.74, 6) is -0.829. The van der Waals surface area contributed by atoms with Crippen LogP contribution in [0.25, 0.3) is 11.0 Å². The predicted molar refractivity (Wildman–Crippen MR) is 142 cm³/mol. The van der Waals surface area contributed by atoms with Gasteiger partial charge in [0.05, 0.1) is 5.52 Å². The number of hydrogen-bond donors (Lipinski definition) is 2. The molecule has 0 saturated heterocycles. The Balaban J connectivity index is 1.35. The average molecular weight is 521 g/mol. The van der Waals surface area contributed by atoms with E-state index in [-0.39, 0.29) is 18.9 Å². The number of fused-ring (bicyclic) bond motifs is 1. The average Bonchev–Trinajstić information content (AvgIpc) is 3.42. The number of nitrogens with one attached hydrogen (secondary N) is 2. The van der Waals surface area contributed by atoms with Crippen molar-refractivity contribution in [2.24, 2.45) is 0 Å². The molecule has 10 nitrogen and oxygen atoms in total. The number of hydrogen-bond acceptors (Lipinski definition) is 7. The van der Waals surface area contributed by atoms with E-state index in [0.717, 1.165) is 5.56 Å². The fourth-order valence-corrected chi connectivity index (χ4v) is 4.00. The number of aromatic nitrogens is 4. The topological polar surface area (TPSA) is 128 Å². The van der Waals surface area contributed by atoms with Gasteiger partial charge in [-0.1, -0.05) is 78.0 Å². The van der Waals surface area contributed by atoms with Crippen LogP contribution in [0.4, 0.5) is 4.79 Å². The lowest BCUT2D eigenvalue weighted by Crippen LogP contribution is -2.44. The fraction of sp³-hybridized carbons (Fsp3) is 0.103. The van der Waals surface area contributed by atoms with Crippen molar-refractivity contribution < 1.29 is 19.1 Å². The second-order valence-electron chi connectivity index (χ2n) is 8.55. The normalized spacial score (nSPS) is 11.5. The van der Waals surface area contributed by atoms with Gasteiger partial charge in [0.2, 0.25) is 11.9 Å². The molecule has 3 aromatic carbocycles. The molecular weight excluding hydrogens is 496 g/mol. The second kappa shape index (κ2) is 11.8. The molecule has 5 aromatic rings. The molecule has 0 spiro atoms. The van der Waals surface area contributed by atoms with Gasteiger partial charge in [-0.05, 0) is 35.4 Å². The van der Waals surface area contributed by atoms with E-state index in [1.54, 1.807) is 72.9 Å². The molecule has 0 fully saturated rings. The summed E-state index contributed by atoms with van der Waals surface area (Å²) in [4.78, 5) is 43.3. The third-order valence-corrected chi connectivity index (χ3v) is 5.95. The Kier molecular flexibility index (Phi) is 7.63. The van der Waals surface area contributed by atoms with E-state index in [1.165, 1.54) is 4.68 Å². The van der Waals surface area contributed by atoms with Crippen LogP contribution in [0.3, 0.4) is 0 Å². The van der Waals surface area contributed by atoms with Crippen LogP contribution in [0.1, 0.15) is 33.3 Å². The number of ketones is 1. The SMILES string of the molecule is O=C(NC(C(=O)NCc1ccccc1C(=O)c1ccccn1)n1nnc2ccccc21)OCc1ccccc1. The van der Waals surface area contributed by atoms with E-state index >= 15 is 0 Å². The Morgan fingerprint density at radius 3 is 2.41 bits per heavy atom. The summed E-state index contributed by atoms with van der Waals surface area (Å²) in [5, 5.41) is 13.6. The van der Waals surface area contributed by atoms with Gasteiger partial charge in [0.1, 0.15) is 17.8 Å². The van der Waals surface area contributed by atoms with Gasteiger partial charge < -0.3 is 10.1 Å². The molecule has 39 heavy (non-hydrogen) atoms. The van der Waals surface area contributed by atoms with Crippen molar-refractivity contribution >= 4 is 28.8 Å². The van der Waals surface area contributed by atoms with Crippen molar-refractivity contribution in [3.8, 4) is 0 Å². The third-order valence-electron chi connectivity index (χ3n) is 5.95. The summed E-state index contributed by atoms with van der Waals surface area (Å²) in [7, 11) is 0. The maximum Gasteiger partial charge on any atom is 0.409 e. The summed E-state index contributed by atoms with van der Waals surface area (Å²) in [5.41, 5.74) is 3.21. The van der Waals surface area contributed by atoms with Crippen molar-refractivity contribution in [1.82, 2.24) is 30.6 Å². The molecule has 1 atom stereocenters. The first-order valence-electron chi connectivity index (χ1n) is 12.2. The number of ether oxygens (including phenoxy) is 1. The standard InChI is InChI=1S/C29H24N6O4/c36-26(24-15-8-9-17-30-24)22-13-5-4-12-21(22)18-31-28(37)27(35-25-16-7-6-14-23(25)33-34-35)32-29(38)39-19-20-10-2-1-3-11-20/h1-17,27H,18-19H2,(H,31,37)(H,32,38). The minimum atomic E-state index is -1.26. The molecule has 2 aromatic heterocycles. The van der Waals surface area contributed by atoms with Gasteiger partial charge in [0.25, 0.3) is 5.91 Å². The van der Waals surface area contributed by atoms with Gasteiger partial charge in [-0.3, -0.25) is 19.9 Å². The molecule has 1 unspecified atom stereocenters. The molecule has 2 N–H and O–H groups in total. The quantitative estimate of drug-likeness (QED) is 0.283. The number of rotatable bonds is 9. The number of carbonyl (C=O) groups is 3. The van der Waals surface area contributed by atoms with Crippen molar-refractivity contribution in [3.05, 3.63) is 126 Å². The number of pyridine rings is 1. The zero-order valence-electron chi connectivity index (χ0n) is 20.7. The molecule has 10 heteroatoms. The zero-order chi connectivity index (χ0) is 27.0. The molecule has 0 radical (unpaired) electrons. The third kappa shape index (κ3) is 5.96. The van der Waals surface area contributed by atoms with E-state index in [2.05, 4.69) is 25.9 Å². The van der Waals surface area contributed by atoms with E-state index in [4.69, 9.17) is 4.74 Å². The van der Waals surface area contributed by atoms with E-state index in [1.807, 2.05) is 30.3 Å². The number of carbonyl (C=O) groups excluding carboxylic acids is 3. The molecule has 194 valence electrons. The highest BCUT2D eigenvalue weighted by Crippen LogP contribution is 2.17. The highest BCUT2D eigenvalue weighted by molar-refractivity contribution is 6.08. The van der Waals surface area contributed by atoms with E-state index in [0.29, 0.717) is 27.9 Å². The lowest BCUT2D eigenvalue weighted by molar-refractivity contribution is -0.125.